The molecule has 0 saturated heterocycles. The molecule has 5 nitrogen and oxygen atoms in total. The zero-order valence-electron chi connectivity index (χ0n) is 18.9. The number of aliphatic hydroxyl groups is 1. The maximum absolute atomic E-state index is 14.4. The molecular formula is C25H29F3N2O3. The molecule has 2 aliphatic rings. The molecule has 1 aromatic heterocycles. The Morgan fingerprint density at radius 1 is 1.21 bits per heavy atom. The first-order chi connectivity index (χ1) is 15.4. The topological polar surface area (TPSA) is 63.5 Å². The van der Waals surface area contributed by atoms with Crippen LogP contribution in [-0.4, -0.2) is 40.0 Å². The first kappa shape index (κ1) is 23.6. The van der Waals surface area contributed by atoms with Gasteiger partial charge in [-0.25, -0.2) is 0 Å². The lowest BCUT2D eigenvalue weighted by molar-refractivity contribution is -0.282. The van der Waals surface area contributed by atoms with E-state index in [2.05, 4.69) is 5.32 Å². The predicted molar refractivity (Wildman–Crippen MR) is 118 cm³/mol. The predicted octanol–water partition coefficient (Wildman–Crippen LogP) is 4.20. The van der Waals surface area contributed by atoms with E-state index in [9.17, 15) is 23.1 Å². The third kappa shape index (κ3) is 4.46. The number of aryl methyl sites for hydroxylation is 1. The summed E-state index contributed by atoms with van der Waals surface area (Å²) in [5.74, 6) is -1.62. The Morgan fingerprint density at radius 2 is 1.91 bits per heavy atom. The number of aromatic nitrogens is 1. The lowest BCUT2D eigenvalue weighted by Gasteiger charge is -2.40. The second-order valence-electron chi connectivity index (χ2n) is 9.78. The summed E-state index contributed by atoms with van der Waals surface area (Å²) in [4.78, 5) is 12.7. The van der Waals surface area contributed by atoms with Gasteiger partial charge in [0.25, 0.3) is 0 Å². The van der Waals surface area contributed by atoms with Crippen LogP contribution in [0.1, 0.15) is 44.0 Å². The largest absolute Gasteiger partial charge is 0.459 e. The van der Waals surface area contributed by atoms with E-state index >= 15 is 0 Å². The lowest BCUT2D eigenvalue weighted by atomic mass is 9.72. The fraction of sp³-hybridized carbons (Fsp3) is 0.480. The summed E-state index contributed by atoms with van der Waals surface area (Å²) in [5, 5.41) is 14.3. The number of alkyl halides is 3. The summed E-state index contributed by atoms with van der Waals surface area (Å²) in [6.07, 6.45) is -1.29. The van der Waals surface area contributed by atoms with Crippen molar-refractivity contribution in [2.24, 2.45) is 5.92 Å². The molecule has 0 bridgehead atoms. The number of rotatable bonds is 4. The van der Waals surface area contributed by atoms with Crippen LogP contribution >= 0.6 is 0 Å². The molecule has 178 valence electrons. The summed E-state index contributed by atoms with van der Waals surface area (Å²) in [6.45, 7) is 5.62. The van der Waals surface area contributed by atoms with E-state index in [0.717, 1.165) is 5.56 Å². The van der Waals surface area contributed by atoms with Gasteiger partial charge in [-0.2, -0.15) is 13.2 Å². The Bertz CT molecular complexity index is 1050. The van der Waals surface area contributed by atoms with Gasteiger partial charge in [-0.05, 0) is 50.8 Å². The van der Waals surface area contributed by atoms with Crippen LogP contribution in [0.2, 0.25) is 0 Å². The van der Waals surface area contributed by atoms with Crippen LogP contribution in [0.3, 0.4) is 0 Å². The van der Waals surface area contributed by atoms with E-state index in [0.29, 0.717) is 17.7 Å². The van der Waals surface area contributed by atoms with Crippen molar-refractivity contribution in [1.82, 2.24) is 9.88 Å². The van der Waals surface area contributed by atoms with E-state index in [1.54, 1.807) is 25.3 Å². The maximum atomic E-state index is 14.4. The summed E-state index contributed by atoms with van der Waals surface area (Å²) < 4.78 is 50.1. The van der Waals surface area contributed by atoms with Crippen LogP contribution in [0, 0.1) is 5.92 Å². The molecule has 2 aromatic rings. The van der Waals surface area contributed by atoms with Gasteiger partial charge in [0.1, 0.15) is 11.6 Å². The number of ether oxygens (including phenoxy) is 1. The standard InChI is InChI=1S/C25H29F3N2O3/c1-23(2,3)33-22(31)20-15-30-12-11-19-21(30)17(14-29-20)13-18(24(19,32)25(26,27)28)10-9-16-7-5-4-6-8-16/h4-8,11-13,18,20,29,32H,9-10,14-15H2,1-3H3. The molecule has 0 fully saturated rings. The highest BCUT2D eigenvalue weighted by atomic mass is 19.4. The Kier molecular flexibility index (Phi) is 5.95. The number of halogens is 3. The van der Waals surface area contributed by atoms with Crippen LogP contribution in [0.25, 0.3) is 5.57 Å². The Balaban J connectivity index is 1.69. The van der Waals surface area contributed by atoms with Gasteiger partial charge in [-0.15, -0.1) is 0 Å². The molecule has 3 unspecified atom stereocenters. The van der Waals surface area contributed by atoms with Gasteiger partial charge in [-0.1, -0.05) is 36.4 Å². The van der Waals surface area contributed by atoms with E-state index in [1.165, 1.54) is 18.3 Å². The normalized spacial score (nSPS) is 25.1. The van der Waals surface area contributed by atoms with Crippen molar-refractivity contribution in [1.29, 1.82) is 0 Å². The summed E-state index contributed by atoms with van der Waals surface area (Å²) in [6, 6.07) is 9.89. The maximum Gasteiger partial charge on any atom is 0.422 e. The number of esters is 1. The first-order valence-electron chi connectivity index (χ1n) is 11.1. The number of benzene rings is 1. The van der Waals surface area contributed by atoms with Gasteiger partial charge in [0.05, 0.1) is 5.69 Å². The minimum atomic E-state index is -4.86. The smallest absolute Gasteiger partial charge is 0.422 e. The molecule has 3 atom stereocenters. The Hall–Kier alpha value is -2.58. The van der Waals surface area contributed by atoms with Crippen LogP contribution in [-0.2, 0) is 28.1 Å². The van der Waals surface area contributed by atoms with E-state index < -0.39 is 35.3 Å². The molecule has 4 rings (SSSR count). The van der Waals surface area contributed by atoms with Crippen molar-refractivity contribution in [3.63, 3.8) is 0 Å². The molecular weight excluding hydrogens is 433 g/mol. The van der Waals surface area contributed by atoms with Gasteiger partial charge in [-0.3, -0.25) is 10.1 Å². The number of carbonyl (C=O) groups is 1. The highest BCUT2D eigenvalue weighted by Gasteiger charge is 2.61. The Labute approximate surface area is 191 Å². The minimum Gasteiger partial charge on any atom is -0.459 e. The average molecular weight is 463 g/mol. The fourth-order valence-electron chi connectivity index (χ4n) is 4.72. The molecule has 0 saturated carbocycles. The SMILES string of the molecule is CC(C)(C)OC(=O)C1Cn2ccc3c2C(=CC(CCc2ccccc2)C3(O)C(F)(F)F)CN1. The molecule has 0 amide bonds. The van der Waals surface area contributed by atoms with Crippen molar-refractivity contribution >= 4 is 11.5 Å². The van der Waals surface area contributed by atoms with Gasteiger partial charge < -0.3 is 14.4 Å². The van der Waals surface area contributed by atoms with Gasteiger partial charge in [0.15, 0.2) is 5.60 Å². The second-order valence-corrected chi connectivity index (χ2v) is 9.78. The second kappa shape index (κ2) is 8.33. The van der Waals surface area contributed by atoms with Crippen molar-refractivity contribution < 1.29 is 27.8 Å². The van der Waals surface area contributed by atoms with Crippen molar-refractivity contribution in [3.05, 3.63) is 65.5 Å². The number of carbonyl (C=O) groups excluding carboxylic acids is 1. The summed E-state index contributed by atoms with van der Waals surface area (Å²) in [7, 11) is 0. The lowest BCUT2D eigenvalue weighted by Crippen LogP contribution is -2.50. The molecule has 8 heteroatoms. The summed E-state index contributed by atoms with van der Waals surface area (Å²) in [5.41, 5.74) is -1.96. The number of nitrogens with one attached hydrogen (secondary N) is 1. The molecule has 33 heavy (non-hydrogen) atoms. The van der Waals surface area contributed by atoms with Crippen LogP contribution in [0.15, 0.2) is 48.7 Å². The van der Waals surface area contributed by atoms with Crippen molar-refractivity contribution in [3.8, 4) is 0 Å². The molecule has 1 aliphatic carbocycles. The third-order valence-corrected chi connectivity index (χ3v) is 6.25. The molecule has 1 aromatic carbocycles. The zero-order chi connectivity index (χ0) is 24.0. The molecule has 0 spiro atoms. The van der Waals surface area contributed by atoms with Crippen LogP contribution in [0.4, 0.5) is 13.2 Å². The van der Waals surface area contributed by atoms with Crippen LogP contribution < -0.4 is 5.32 Å². The van der Waals surface area contributed by atoms with Gasteiger partial charge in [0, 0.05) is 30.8 Å². The molecule has 2 heterocycles. The monoisotopic (exact) mass is 462 g/mol. The first-order valence-corrected chi connectivity index (χ1v) is 11.1. The van der Waals surface area contributed by atoms with Crippen molar-refractivity contribution in [2.75, 3.05) is 6.54 Å². The highest BCUT2D eigenvalue weighted by molar-refractivity contribution is 5.79. The number of nitrogens with zero attached hydrogens (tertiary/aromatic N) is 1. The van der Waals surface area contributed by atoms with E-state index in [4.69, 9.17) is 4.74 Å². The fourth-order valence-corrected chi connectivity index (χ4v) is 4.72. The third-order valence-electron chi connectivity index (χ3n) is 6.25. The minimum absolute atomic E-state index is 0.115. The van der Waals surface area contributed by atoms with Gasteiger partial charge >= 0.3 is 12.1 Å². The molecule has 0 radical (unpaired) electrons. The van der Waals surface area contributed by atoms with E-state index in [-0.39, 0.29) is 25.1 Å². The number of hydrogen-bond acceptors (Lipinski definition) is 4. The highest BCUT2D eigenvalue weighted by Crippen LogP contribution is 2.52. The van der Waals surface area contributed by atoms with Gasteiger partial charge in [0.2, 0.25) is 0 Å². The van der Waals surface area contributed by atoms with E-state index in [1.807, 2.05) is 30.3 Å². The Morgan fingerprint density at radius 3 is 2.55 bits per heavy atom. The number of hydrogen-bond donors (Lipinski definition) is 2. The molecule has 2 N–H and O–H groups in total. The van der Waals surface area contributed by atoms with Crippen LogP contribution in [0.5, 0.6) is 0 Å². The molecule has 1 aliphatic heterocycles. The zero-order valence-corrected chi connectivity index (χ0v) is 18.9. The summed E-state index contributed by atoms with van der Waals surface area (Å²) >= 11 is 0. The average Bonchev–Trinajstić information content (AvgIpc) is 3.05. The quantitative estimate of drug-likeness (QED) is 0.669. The van der Waals surface area contributed by atoms with Crippen molar-refractivity contribution in [2.45, 2.75) is 63.6 Å².